The SMILES string of the molecule is NCc1cc2cc(C3CC3)cc(N3CCOC3=O)n2n1. The lowest BCUT2D eigenvalue weighted by Gasteiger charge is -2.15. The molecule has 6 heteroatoms. The number of rotatable bonds is 3. The summed E-state index contributed by atoms with van der Waals surface area (Å²) in [6.45, 7) is 1.39. The first-order valence-corrected chi connectivity index (χ1v) is 6.93. The Hall–Kier alpha value is -2.08. The van der Waals surface area contributed by atoms with E-state index in [-0.39, 0.29) is 6.09 Å². The molecule has 1 saturated heterocycles. The van der Waals surface area contributed by atoms with Crippen LogP contribution in [-0.2, 0) is 11.3 Å². The van der Waals surface area contributed by atoms with Gasteiger partial charge in [0, 0.05) is 6.54 Å². The van der Waals surface area contributed by atoms with Crippen LogP contribution in [0.1, 0.15) is 30.0 Å². The molecule has 0 radical (unpaired) electrons. The van der Waals surface area contributed by atoms with Gasteiger partial charge in [0.05, 0.1) is 17.8 Å². The molecule has 4 rings (SSSR count). The largest absolute Gasteiger partial charge is 0.447 e. The molecule has 3 heterocycles. The standard InChI is InChI=1S/C14H16N4O2/c15-8-11-7-12-5-10(9-1-2-9)6-13(18(12)16-11)17-3-4-20-14(17)19/h5-7,9H,1-4,8,15H2. The fourth-order valence-electron chi connectivity index (χ4n) is 2.70. The van der Waals surface area contributed by atoms with Gasteiger partial charge in [-0.2, -0.15) is 5.10 Å². The van der Waals surface area contributed by atoms with Crippen molar-refractivity contribution in [3.63, 3.8) is 0 Å². The van der Waals surface area contributed by atoms with E-state index >= 15 is 0 Å². The van der Waals surface area contributed by atoms with Gasteiger partial charge in [-0.15, -0.1) is 0 Å². The Morgan fingerprint density at radius 1 is 1.35 bits per heavy atom. The maximum atomic E-state index is 11.8. The molecular weight excluding hydrogens is 256 g/mol. The normalized spacial score (nSPS) is 18.9. The molecule has 6 nitrogen and oxygen atoms in total. The Morgan fingerprint density at radius 3 is 2.85 bits per heavy atom. The minimum absolute atomic E-state index is 0.302. The quantitative estimate of drug-likeness (QED) is 0.921. The minimum atomic E-state index is -0.302. The molecule has 0 atom stereocenters. The molecule has 0 spiro atoms. The number of fused-ring (bicyclic) bond motifs is 1. The highest BCUT2D eigenvalue weighted by molar-refractivity contribution is 5.89. The van der Waals surface area contributed by atoms with Crippen LogP contribution in [0.15, 0.2) is 18.2 Å². The van der Waals surface area contributed by atoms with Gasteiger partial charge in [0.25, 0.3) is 0 Å². The van der Waals surface area contributed by atoms with E-state index in [4.69, 9.17) is 10.5 Å². The van der Waals surface area contributed by atoms with Crippen LogP contribution in [0.25, 0.3) is 5.52 Å². The molecule has 2 aromatic rings. The third-order valence-corrected chi connectivity index (χ3v) is 3.91. The lowest BCUT2D eigenvalue weighted by molar-refractivity contribution is 0.181. The first kappa shape index (κ1) is 11.7. The monoisotopic (exact) mass is 272 g/mol. The summed E-state index contributed by atoms with van der Waals surface area (Å²) in [6.07, 6.45) is 2.14. The van der Waals surface area contributed by atoms with Crippen LogP contribution in [0.4, 0.5) is 10.6 Å². The molecule has 1 aliphatic carbocycles. The summed E-state index contributed by atoms with van der Waals surface area (Å²) in [7, 11) is 0. The second-order valence-electron chi connectivity index (χ2n) is 5.36. The Bertz CT molecular complexity index is 690. The highest BCUT2D eigenvalue weighted by atomic mass is 16.6. The number of ether oxygens (including phenoxy) is 1. The second kappa shape index (κ2) is 4.21. The predicted molar refractivity (Wildman–Crippen MR) is 73.8 cm³/mol. The zero-order chi connectivity index (χ0) is 13.7. The summed E-state index contributed by atoms with van der Waals surface area (Å²) in [4.78, 5) is 13.5. The highest BCUT2D eigenvalue weighted by Gasteiger charge is 2.30. The molecule has 2 N–H and O–H groups in total. The van der Waals surface area contributed by atoms with Crippen molar-refractivity contribution in [3.8, 4) is 0 Å². The number of anilines is 1. The number of hydrogen-bond donors (Lipinski definition) is 1. The van der Waals surface area contributed by atoms with E-state index in [1.807, 2.05) is 6.07 Å². The van der Waals surface area contributed by atoms with E-state index in [2.05, 4.69) is 17.2 Å². The van der Waals surface area contributed by atoms with Crippen LogP contribution in [0, 0.1) is 0 Å². The van der Waals surface area contributed by atoms with Gasteiger partial charge in [-0.25, -0.2) is 9.31 Å². The van der Waals surface area contributed by atoms with E-state index in [0.29, 0.717) is 25.6 Å². The minimum Gasteiger partial charge on any atom is -0.447 e. The van der Waals surface area contributed by atoms with Crippen molar-refractivity contribution < 1.29 is 9.53 Å². The van der Waals surface area contributed by atoms with E-state index in [1.54, 1.807) is 9.42 Å². The number of amides is 1. The highest BCUT2D eigenvalue weighted by Crippen LogP contribution is 2.42. The van der Waals surface area contributed by atoms with Crippen molar-refractivity contribution in [2.24, 2.45) is 5.73 Å². The van der Waals surface area contributed by atoms with Crippen LogP contribution in [0.5, 0.6) is 0 Å². The Balaban J connectivity index is 1.90. The van der Waals surface area contributed by atoms with Gasteiger partial charge in [-0.05, 0) is 42.5 Å². The molecule has 0 unspecified atom stereocenters. The summed E-state index contributed by atoms with van der Waals surface area (Å²) >= 11 is 0. The van der Waals surface area contributed by atoms with E-state index in [9.17, 15) is 4.79 Å². The van der Waals surface area contributed by atoms with Crippen molar-refractivity contribution in [1.82, 2.24) is 9.61 Å². The van der Waals surface area contributed by atoms with Crippen LogP contribution >= 0.6 is 0 Å². The summed E-state index contributed by atoms with van der Waals surface area (Å²) in [5.41, 5.74) is 8.76. The van der Waals surface area contributed by atoms with Gasteiger partial charge in [-0.3, -0.25) is 4.90 Å². The van der Waals surface area contributed by atoms with Crippen LogP contribution in [0.3, 0.4) is 0 Å². The fraction of sp³-hybridized carbons (Fsp3) is 0.429. The average Bonchev–Trinajstić information content (AvgIpc) is 3.08. The molecule has 2 aliphatic rings. The third kappa shape index (κ3) is 1.76. The molecule has 1 saturated carbocycles. The Morgan fingerprint density at radius 2 is 2.20 bits per heavy atom. The molecule has 0 bridgehead atoms. The first-order valence-electron chi connectivity index (χ1n) is 6.93. The molecule has 104 valence electrons. The molecule has 1 aliphatic heterocycles. The molecule has 20 heavy (non-hydrogen) atoms. The van der Waals surface area contributed by atoms with Gasteiger partial charge >= 0.3 is 6.09 Å². The van der Waals surface area contributed by atoms with E-state index in [0.717, 1.165) is 17.0 Å². The van der Waals surface area contributed by atoms with Crippen molar-refractivity contribution in [2.45, 2.75) is 25.3 Å². The number of nitrogens with zero attached hydrogens (tertiary/aromatic N) is 3. The predicted octanol–water partition coefficient (Wildman–Crippen LogP) is 1.63. The van der Waals surface area contributed by atoms with Crippen molar-refractivity contribution >= 4 is 17.4 Å². The van der Waals surface area contributed by atoms with Gasteiger partial charge in [0.15, 0.2) is 0 Å². The van der Waals surface area contributed by atoms with Crippen molar-refractivity contribution in [3.05, 3.63) is 29.5 Å². The van der Waals surface area contributed by atoms with Crippen LogP contribution in [-0.4, -0.2) is 28.9 Å². The lowest BCUT2D eigenvalue weighted by atomic mass is 10.1. The Kier molecular flexibility index (Phi) is 2.47. The lowest BCUT2D eigenvalue weighted by Crippen LogP contribution is -2.26. The zero-order valence-electron chi connectivity index (χ0n) is 11.1. The summed E-state index contributed by atoms with van der Waals surface area (Å²) in [5.74, 6) is 1.40. The van der Waals surface area contributed by atoms with Crippen molar-refractivity contribution in [1.29, 1.82) is 0 Å². The molecule has 1 amide bonds. The van der Waals surface area contributed by atoms with Crippen LogP contribution < -0.4 is 10.6 Å². The number of cyclic esters (lactones) is 1. The molecule has 2 aromatic heterocycles. The second-order valence-corrected chi connectivity index (χ2v) is 5.36. The van der Waals surface area contributed by atoms with E-state index < -0.39 is 0 Å². The smallest absolute Gasteiger partial charge is 0.415 e. The van der Waals surface area contributed by atoms with Gasteiger partial charge in [-0.1, -0.05) is 0 Å². The fourth-order valence-corrected chi connectivity index (χ4v) is 2.70. The van der Waals surface area contributed by atoms with Crippen LogP contribution in [0.2, 0.25) is 0 Å². The molecule has 2 fully saturated rings. The van der Waals surface area contributed by atoms with Gasteiger partial charge in [0.2, 0.25) is 0 Å². The average molecular weight is 272 g/mol. The number of carbonyl (C=O) groups is 1. The summed E-state index contributed by atoms with van der Waals surface area (Å²) in [5, 5.41) is 4.47. The Labute approximate surface area is 116 Å². The molecule has 0 aromatic carbocycles. The number of hydrogen-bond acceptors (Lipinski definition) is 4. The van der Waals surface area contributed by atoms with Crippen molar-refractivity contribution in [2.75, 3.05) is 18.1 Å². The number of pyridine rings is 1. The maximum Gasteiger partial charge on any atom is 0.415 e. The topological polar surface area (TPSA) is 72.9 Å². The summed E-state index contributed by atoms with van der Waals surface area (Å²) in [6, 6.07) is 6.19. The molecular formula is C14H16N4O2. The first-order chi connectivity index (χ1) is 9.76. The third-order valence-electron chi connectivity index (χ3n) is 3.91. The van der Waals surface area contributed by atoms with Gasteiger partial charge in [0.1, 0.15) is 12.4 Å². The van der Waals surface area contributed by atoms with Gasteiger partial charge < -0.3 is 10.5 Å². The number of nitrogens with two attached hydrogens (primary N) is 1. The number of carbonyl (C=O) groups excluding carboxylic acids is 1. The number of aromatic nitrogens is 2. The maximum absolute atomic E-state index is 11.8. The van der Waals surface area contributed by atoms with E-state index in [1.165, 1.54) is 18.4 Å². The summed E-state index contributed by atoms with van der Waals surface area (Å²) < 4.78 is 6.83. The zero-order valence-corrected chi connectivity index (χ0v) is 11.1.